The highest BCUT2D eigenvalue weighted by molar-refractivity contribution is 5.83. The zero-order valence-corrected chi connectivity index (χ0v) is 12.5. The van der Waals surface area contributed by atoms with E-state index in [0.717, 1.165) is 13.0 Å². The fourth-order valence-corrected chi connectivity index (χ4v) is 2.73. The first-order valence-electron chi connectivity index (χ1n) is 7.66. The molecule has 1 nitrogen and oxygen atoms in total. The van der Waals surface area contributed by atoms with Crippen LogP contribution < -0.4 is 5.32 Å². The lowest BCUT2D eigenvalue weighted by Gasteiger charge is -2.12. The molecule has 0 bridgehead atoms. The van der Waals surface area contributed by atoms with Crippen LogP contribution in [0, 0.1) is 0 Å². The van der Waals surface area contributed by atoms with Crippen LogP contribution in [-0.2, 0) is 13.0 Å². The maximum Gasteiger partial charge on any atom is 0.0401 e. The molecule has 0 heterocycles. The summed E-state index contributed by atoms with van der Waals surface area (Å²) in [5.74, 6) is 0. The third-order valence-corrected chi connectivity index (χ3v) is 3.83. The zero-order chi connectivity index (χ0) is 14.5. The molecule has 0 aliphatic heterocycles. The molecule has 0 radical (unpaired) electrons. The molecule has 0 spiro atoms. The van der Waals surface area contributed by atoms with Gasteiger partial charge in [0.25, 0.3) is 0 Å². The van der Waals surface area contributed by atoms with Crippen LogP contribution >= 0.6 is 0 Å². The molecular weight excluding hydrogens is 254 g/mol. The summed E-state index contributed by atoms with van der Waals surface area (Å²) in [5, 5.41) is 6.18. The van der Waals surface area contributed by atoms with Crippen molar-refractivity contribution in [2.45, 2.75) is 26.3 Å². The number of anilines is 1. The largest absolute Gasteiger partial charge is 0.381 e. The van der Waals surface area contributed by atoms with Crippen LogP contribution in [0.3, 0.4) is 0 Å². The molecular formula is C20H21N. The van der Waals surface area contributed by atoms with Gasteiger partial charge in [-0.2, -0.15) is 0 Å². The Morgan fingerprint density at radius 3 is 2.43 bits per heavy atom. The summed E-state index contributed by atoms with van der Waals surface area (Å²) < 4.78 is 0. The Balaban J connectivity index is 1.77. The van der Waals surface area contributed by atoms with Crippen LogP contribution in [0.4, 0.5) is 5.69 Å². The molecule has 0 atom stereocenters. The van der Waals surface area contributed by atoms with Crippen LogP contribution in [0.5, 0.6) is 0 Å². The van der Waals surface area contributed by atoms with Gasteiger partial charge < -0.3 is 5.32 Å². The minimum absolute atomic E-state index is 0.867. The summed E-state index contributed by atoms with van der Waals surface area (Å²) in [6.45, 7) is 3.09. The van der Waals surface area contributed by atoms with Gasteiger partial charge in [0.2, 0.25) is 0 Å². The van der Waals surface area contributed by atoms with Crippen LogP contribution in [0.15, 0.2) is 66.7 Å². The Kier molecular flexibility index (Phi) is 4.20. The molecule has 0 fully saturated rings. The van der Waals surface area contributed by atoms with E-state index in [0.29, 0.717) is 0 Å². The highest BCUT2D eigenvalue weighted by Gasteiger charge is 2.01. The SMILES string of the molecule is CCCc1ccccc1NCc1ccc2ccccc2c1. The van der Waals surface area contributed by atoms with Gasteiger partial charge in [-0.1, -0.05) is 67.9 Å². The zero-order valence-electron chi connectivity index (χ0n) is 12.5. The topological polar surface area (TPSA) is 12.0 Å². The number of nitrogens with one attached hydrogen (secondary N) is 1. The van der Waals surface area contributed by atoms with Crippen molar-refractivity contribution < 1.29 is 0 Å². The molecule has 3 rings (SSSR count). The van der Waals surface area contributed by atoms with Gasteiger partial charge in [0.05, 0.1) is 0 Å². The van der Waals surface area contributed by atoms with Gasteiger partial charge >= 0.3 is 0 Å². The molecule has 21 heavy (non-hydrogen) atoms. The maximum absolute atomic E-state index is 3.58. The van der Waals surface area contributed by atoms with E-state index in [-0.39, 0.29) is 0 Å². The second kappa shape index (κ2) is 6.45. The van der Waals surface area contributed by atoms with Gasteiger partial charge in [-0.15, -0.1) is 0 Å². The van der Waals surface area contributed by atoms with Crippen molar-refractivity contribution >= 4 is 16.5 Å². The fourth-order valence-electron chi connectivity index (χ4n) is 2.73. The quantitative estimate of drug-likeness (QED) is 0.657. The lowest BCUT2D eigenvalue weighted by molar-refractivity contribution is 0.919. The van der Waals surface area contributed by atoms with Crippen molar-refractivity contribution in [3.63, 3.8) is 0 Å². The molecule has 0 aliphatic rings. The Morgan fingerprint density at radius 2 is 1.57 bits per heavy atom. The molecule has 0 saturated heterocycles. The Labute approximate surface area is 126 Å². The number of benzene rings is 3. The van der Waals surface area contributed by atoms with Gasteiger partial charge in [0, 0.05) is 12.2 Å². The smallest absolute Gasteiger partial charge is 0.0401 e. The molecule has 0 saturated carbocycles. The van der Waals surface area contributed by atoms with E-state index >= 15 is 0 Å². The van der Waals surface area contributed by atoms with E-state index in [9.17, 15) is 0 Å². The third-order valence-electron chi connectivity index (χ3n) is 3.83. The van der Waals surface area contributed by atoms with E-state index in [1.807, 2.05) is 0 Å². The van der Waals surface area contributed by atoms with Crippen molar-refractivity contribution in [3.05, 3.63) is 77.9 Å². The van der Waals surface area contributed by atoms with Crippen molar-refractivity contribution in [1.29, 1.82) is 0 Å². The van der Waals surface area contributed by atoms with Crippen LogP contribution in [0.2, 0.25) is 0 Å². The summed E-state index contributed by atoms with van der Waals surface area (Å²) in [6.07, 6.45) is 2.30. The summed E-state index contributed by atoms with van der Waals surface area (Å²) in [7, 11) is 0. The molecule has 1 N–H and O–H groups in total. The third kappa shape index (κ3) is 3.25. The highest BCUT2D eigenvalue weighted by Crippen LogP contribution is 2.20. The van der Waals surface area contributed by atoms with E-state index < -0.39 is 0 Å². The van der Waals surface area contributed by atoms with Crippen molar-refractivity contribution in [3.8, 4) is 0 Å². The molecule has 0 unspecified atom stereocenters. The first-order valence-corrected chi connectivity index (χ1v) is 7.66. The Hall–Kier alpha value is -2.28. The van der Waals surface area contributed by atoms with E-state index in [1.165, 1.54) is 34.0 Å². The molecule has 1 heteroatoms. The van der Waals surface area contributed by atoms with Crippen LogP contribution in [0.1, 0.15) is 24.5 Å². The minimum Gasteiger partial charge on any atom is -0.381 e. The minimum atomic E-state index is 0.867. The predicted octanol–water partition coefficient (Wildman–Crippen LogP) is 5.40. The lowest BCUT2D eigenvalue weighted by Crippen LogP contribution is -2.02. The summed E-state index contributed by atoms with van der Waals surface area (Å²) >= 11 is 0. The first kappa shape index (κ1) is 13.7. The number of para-hydroxylation sites is 1. The summed E-state index contributed by atoms with van der Waals surface area (Å²) in [5.41, 5.74) is 3.98. The number of hydrogen-bond acceptors (Lipinski definition) is 1. The summed E-state index contributed by atoms with van der Waals surface area (Å²) in [6, 6.07) is 23.8. The fraction of sp³-hybridized carbons (Fsp3) is 0.200. The van der Waals surface area contributed by atoms with Crippen molar-refractivity contribution in [2.24, 2.45) is 0 Å². The Bertz CT molecular complexity index is 730. The molecule has 3 aromatic rings. The van der Waals surface area contributed by atoms with Crippen LogP contribution in [-0.4, -0.2) is 0 Å². The number of aryl methyl sites for hydroxylation is 1. The maximum atomic E-state index is 3.58. The Morgan fingerprint density at radius 1 is 0.810 bits per heavy atom. The summed E-state index contributed by atoms with van der Waals surface area (Å²) in [4.78, 5) is 0. The van der Waals surface area contributed by atoms with Gasteiger partial charge in [-0.3, -0.25) is 0 Å². The van der Waals surface area contributed by atoms with E-state index in [2.05, 4.69) is 79.0 Å². The number of rotatable bonds is 5. The van der Waals surface area contributed by atoms with Crippen molar-refractivity contribution in [1.82, 2.24) is 0 Å². The van der Waals surface area contributed by atoms with Gasteiger partial charge in [-0.05, 0) is 40.5 Å². The number of fused-ring (bicyclic) bond motifs is 1. The lowest BCUT2D eigenvalue weighted by atomic mass is 10.1. The van der Waals surface area contributed by atoms with E-state index in [1.54, 1.807) is 0 Å². The second-order valence-electron chi connectivity index (χ2n) is 5.44. The molecule has 0 aromatic heterocycles. The molecule has 106 valence electrons. The molecule has 0 aliphatic carbocycles. The van der Waals surface area contributed by atoms with Crippen LogP contribution in [0.25, 0.3) is 10.8 Å². The molecule has 3 aromatic carbocycles. The average Bonchev–Trinajstić information content (AvgIpc) is 2.54. The average molecular weight is 275 g/mol. The second-order valence-corrected chi connectivity index (χ2v) is 5.44. The first-order chi connectivity index (χ1) is 10.4. The van der Waals surface area contributed by atoms with Gasteiger partial charge in [0.1, 0.15) is 0 Å². The highest BCUT2D eigenvalue weighted by atomic mass is 14.9. The van der Waals surface area contributed by atoms with Gasteiger partial charge in [-0.25, -0.2) is 0 Å². The predicted molar refractivity (Wildman–Crippen MR) is 91.7 cm³/mol. The van der Waals surface area contributed by atoms with Crippen molar-refractivity contribution in [2.75, 3.05) is 5.32 Å². The number of hydrogen-bond donors (Lipinski definition) is 1. The standard InChI is InChI=1S/C20H21N/c1-2-7-18-9-5-6-11-20(18)21-15-16-12-13-17-8-3-4-10-19(17)14-16/h3-6,8-14,21H,2,7,15H2,1H3. The molecule has 0 amide bonds. The van der Waals surface area contributed by atoms with Gasteiger partial charge in [0.15, 0.2) is 0 Å². The normalized spacial score (nSPS) is 10.7. The monoisotopic (exact) mass is 275 g/mol. The van der Waals surface area contributed by atoms with E-state index in [4.69, 9.17) is 0 Å².